The van der Waals surface area contributed by atoms with Crippen molar-refractivity contribution in [2.45, 2.75) is 13.0 Å². The number of hydrogen-bond donors (Lipinski definition) is 1. The minimum atomic E-state index is -0.445. The standard InChI is InChI=1S/C30H26N4O3/c35-28-19-24(21-33(28)26-11-5-2-6-12-26)29(36)32-25-16-14-23(15-17-25)30(37)34(27-13-7-8-18-31-27)20-22-9-3-1-4-10-22/h1-18,24H,19-21H2,(H,32,36). The molecule has 7 nitrogen and oxygen atoms in total. The van der Waals surface area contributed by atoms with Crippen LogP contribution in [0.4, 0.5) is 17.2 Å². The maximum Gasteiger partial charge on any atom is 0.259 e. The molecule has 1 aliphatic rings. The maximum atomic E-state index is 13.5. The van der Waals surface area contributed by atoms with Crippen molar-refractivity contribution in [1.29, 1.82) is 0 Å². The van der Waals surface area contributed by atoms with E-state index in [0.29, 0.717) is 30.2 Å². The van der Waals surface area contributed by atoms with Gasteiger partial charge in [0.1, 0.15) is 5.82 Å². The number of carbonyl (C=O) groups is 3. The molecular weight excluding hydrogens is 464 g/mol. The molecule has 0 saturated carbocycles. The van der Waals surface area contributed by atoms with Crippen LogP contribution in [0, 0.1) is 5.92 Å². The van der Waals surface area contributed by atoms with Crippen LogP contribution in [0.3, 0.4) is 0 Å². The predicted molar refractivity (Wildman–Crippen MR) is 143 cm³/mol. The van der Waals surface area contributed by atoms with E-state index in [1.165, 1.54) is 0 Å². The number of amides is 3. The van der Waals surface area contributed by atoms with Crippen molar-refractivity contribution in [2.75, 3.05) is 21.7 Å². The number of aromatic nitrogens is 1. The highest BCUT2D eigenvalue weighted by atomic mass is 16.2. The Labute approximate surface area is 215 Å². The second kappa shape index (κ2) is 10.9. The molecule has 4 aromatic rings. The van der Waals surface area contributed by atoms with Gasteiger partial charge in [0.05, 0.1) is 12.5 Å². The minimum absolute atomic E-state index is 0.0691. The zero-order valence-electron chi connectivity index (χ0n) is 20.2. The number of benzene rings is 3. The Morgan fingerprint density at radius 3 is 2.22 bits per heavy atom. The topological polar surface area (TPSA) is 82.6 Å². The normalized spacial score (nSPS) is 14.9. The van der Waals surface area contributed by atoms with Gasteiger partial charge in [0.2, 0.25) is 11.8 Å². The number of para-hydroxylation sites is 1. The molecule has 1 unspecified atom stereocenters. The van der Waals surface area contributed by atoms with E-state index in [2.05, 4.69) is 10.3 Å². The van der Waals surface area contributed by atoms with Gasteiger partial charge in [0.15, 0.2) is 0 Å². The molecule has 5 rings (SSSR count). The molecule has 37 heavy (non-hydrogen) atoms. The number of carbonyl (C=O) groups excluding carboxylic acids is 3. The minimum Gasteiger partial charge on any atom is -0.326 e. The Bertz CT molecular complexity index is 1380. The average molecular weight is 491 g/mol. The number of pyridine rings is 1. The van der Waals surface area contributed by atoms with E-state index in [4.69, 9.17) is 0 Å². The van der Waals surface area contributed by atoms with Crippen molar-refractivity contribution in [3.63, 3.8) is 0 Å². The van der Waals surface area contributed by atoms with Crippen molar-refractivity contribution in [1.82, 2.24) is 4.98 Å². The smallest absolute Gasteiger partial charge is 0.259 e. The van der Waals surface area contributed by atoms with Crippen LogP contribution in [0.25, 0.3) is 0 Å². The van der Waals surface area contributed by atoms with Gasteiger partial charge in [-0.3, -0.25) is 19.3 Å². The van der Waals surface area contributed by atoms with Crippen LogP contribution >= 0.6 is 0 Å². The zero-order chi connectivity index (χ0) is 25.6. The number of rotatable bonds is 7. The predicted octanol–water partition coefficient (Wildman–Crippen LogP) is 4.92. The highest BCUT2D eigenvalue weighted by Crippen LogP contribution is 2.26. The Balaban J connectivity index is 1.27. The second-order valence-electron chi connectivity index (χ2n) is 8.87. The van der Waals surface area contributed by atoms with Gasteiger partial charge in [0.25, 0.3) is 5.91 Å². The third-order valence-electron chi connectivity index (χ3n) is 6.32. The highest BCUT2D eigenvalue weighted by molar-refractivity contribution is 6.06. The monoisotopic (exact) mass is 490 g/mol. The van der Waals surface area contributed by atoms with E-state index in [1.54, 1.807) is 46.3 Å². The largest absolute Gasteiger partial charge is 0.326 e. The molecule has 1 aromatic heterocycles. The van der Waals surface area contributed by atoms with Crippen molar-refractivity contribution in [3.8, 4) is 0 Å². The lowest BCUT2D eigenvalue weighted by atomic mass is 10.1. The van der Waals surface area contributed by atoms with Gasteiger partial charge in [-0.05, 0) is 54.1 Å². The Morgan fingerprint density at radius 2 is 1.54 bits per heavy atom. The maximum absolute atomic E-state index is 13.5. The second-order valence-corrected chi connectivity index (χ2v) is 8.87. The van der Waals surface area contributed by atoms with Gasteiger partial charge in [-0.1, -0.05) is 54.6 Å². The van der Waals surface area contributed by atoms with E-state index in [1.807, 2.05) is 72.8 Å². The van der Waals surface area contributed by atoms with Crippen LogP contribution in [0.1, 0.15) is 22.3 Å². The number of anilines is 3. The fraction of sp³-hybridized carbons (Fsp3) is 0.133. The van der Waals surface area contributed by atoms with E-state index >= 15 is 0 Å². The van der Waals surface area contributed by atoms with E-state index in [-0.39, 0.29) is 24.1 Å². The Kier molecular flexibility index (Phi) is 7.03. The van der Waals surface area contributed by atoms with Crippen LogP contribution < -0.4 is 15.1 Å². The summed E-state index contributed by atoms with van der Waals surface area (Å²) in [6.45, 7) is 0.715. The molecule has 1 fully saturated rings. The molecule has 0 bridgehead atoms. The molecule has 1 N–H and O–H groups in total. The summed E-state index contributed by atoms with van der Waals surface area (Å²) in [5.74, 6) is -0.368. The summed E-state index contributed by atoms with van der Waals surface area (Å²) in [6, 6.07) is 31.3. The van der Waals surface area contributed by atoms with Gasteiger partial charge in [0, 0.05) is 36.1 Å². The number of nitrogens with one attached hydrogen (secondary N) is 1. The van der Waals surface area contributed by atoms with E-state index < -0.39 is 5.92 Å². The van der Waals surface area contributed by atoms with Gasteiger partial charge < -0.3 is 10.2 Å². The summed E-state index contributed by atoms with van der Waals surface area (Å²) in [5.41, 5.74) is 2.82. The molecule has 0 aliphatic carbocycles. The van der Waals surface area contributed by atoms with E-state index in [9.17, 15) is 14.4 Å². The summed E-state index contributed by atoms with van der Waals surface area (Å²) in [7, 11) is 0. The first kappa shape index (κ1) is 23.9. The molecule has 3 amide bonds. The summed E-state index contributed by atoms with van der Waals surface area (Å²) in [6.07, 6.45) is 1.82. The van der Waals surface area contributed by atoms with Gasteiger partial charge >= 0.3 is 0 Å². The van der Waals surface area contributed by atoms with Crippen LogP contribution in [-0.2, 0) is 16.1 Å². The quantitative estimate of drug-likeness (QED) is 0.399. The summed E-state index contributed by atoms with van der Waals surface area (Å²) in [4.78, 5) is 46.5. The summed E-state index contributed by atoms with van der Waals surface area (Å²) in [5, 5.41) is 2.89. The van der Waals surface area contributed by atoms with Crippen LogP contribution in [0.15, 0.2) is 109 Å². The first-order chi connectivity index (χ1) is 18.1. The first-order valence-electron chi connectivity index (χ1n) is 12.1. The zero-order valence-corrected chi connectivity index (χ0v) is 20.2. The summed E-state index contributed by atoms with van der Waals surface area (Å²) >= 11 is 0. The van der Waals surface area contributed by atoms with Crippen molar-refractivity contribution in [2.24, 2.45) is 5.92 Å². The third-order valence-corrected chi connectivity index (χ3v) is 6.32. The number of nitrogens with zero attached hydrogens (tertiary/aromatic N) is 3. The lowest BCUT2D eigenvalue weighted by Gasteiger charge is -2.22. The number of hydrogen-bond acceptors (Lipinski definition) is 4. The molecule has 2 heterocycles. The van der Waals surface area contributed by atoms with Gasteiger partial charge in [-0.2, -0.15) is 0 Å². The third kappa shape index (κ3) is 5.56. The van der Waals surface area contributed by atoms with Crippen LogP contribution in [-0.4, -0.2) is 29.3 Å². The first-order valence-corrected chi connectivity index (χ1v) is 12.1. The molecule has 1 saturated heterocycles. The van der Waals surface area contributed by atoms with Gasteiger partial charge in [-0.15, -0.1) is 0 Å². The highest BCUT2D eigenvalue weighted by Gasteiger charge is 2.35. The fourth-order valence-corrected chi connectivity index (χ4v) is 4.37. The molecule has 184 valence electrons. The molecule has 7 heteroatoms. The van der Waals surface area contributed by atoms with Crippen LogP contribution in [0.2, 0.25) is 0 Å². The molecular formula is C30H26N4O3. The molecule has 0 spiro atoms. The van der Waals surface area contributed by atoms with Crippen molar-refractivity contribution < 1.29 is 14.4 Å². The molecule has 1 aliphatic heterocycles. The molecule has 3 aromatic carbocycles. The molecule has 1 atom stereocenters. The van der Waals surface area contributed by atoms with Crippen molar-refractivity contribution >= 4 is 34.9 Å². The lowest BCUT2D eigenvalue weighted by Crippen LogP contribution is -2.31. The van der Waals surface area contributed by atoms with Crippen molar-refractivity contribution in [3.05, 3.63) is 120 Å². The Hall–Kier alpha value is -4.78. The van der Waals surface area contributed by atoms with E-state index in [0.717, 1.165) is 11.3 Å². The summed E-state index contributed by atoms with van der Waals surface area (Å²) < 4.78 is 0. The van der Waals surface area contributed by atoms with Crippen LogP contribution in [0.5, 0.6) is 0 Å². The van der Waals surface area contributed by atoms with Gasteiger partial charge in [-0.25, -0.2) is 4.98 Å². The molecule has 0 radical (unpaired) electrons. The average Bonchev–Trinajstić information content (AvgIpc) is 3.35. The SMILES string of the molecule is O=C(Nc1ccc(C(=O)N(Cc2ccccc2)c2ccccn2)cc1)C1CC(=O)N(c2ccccc2)C1. The lowest BCUT2D eigenvalue weighted by molar-refractivity contribution is -0.122. The Morgan fingerprint density at radius 1 is 0.865 bits per heavy atom. The fourth-order valence-electron chi connectivity index (χ4n) is 4.37.